The van der Waals surface area contributed by atoms with Crippen LogP contribution in [0.2, 0.25) is 0 Å². The largest absolute Gasteiger partial charge is 0.361 e. The van der Waals surface area contributed by atoms with Gasteiger partial charge in [-0.3, -0.25) is 14.6 Å². The van der Waals surface area contributed by atoms with E-state index in [1.807, 2.05) is 43.0 Å². The van der Waals surface area contributed by atoms with Gasteiger partial charge in [0.2, 0.25) is 5.91 Å². The molecule has 0 saturated carbocycles. The maximum absolute atomic E-state index is 13.2. The number of aromatic nitrogens is 1. The van der Waals surface area contributed by atoms with Gasteiger partial charge in [0.05, 0.1) is 13.2 Å². The summed E-state index contributed by atoms with van der Waals surface area (Å²) in [6.45, 7) is 5.25. The molecule has 1 aromatic carbocycles. The van der Waals surface area contributed by atoms with Crippen LogP contribution in [0.5, 0.6) is 0 Å². The number of carbonyl (C=O) groups excluding carboxylic acids is 2. The molecule has 0 unspecified atom stereocenters. The summed E-state index contributed by atoms with van der Waals surface area (Å²) in [7, 11) is 3.48. The number of carbonyl (C=O) groups is 2. The lowest BCUT2D eigenvalue weighted by atomic mass is 9.89. The van der Waals surface area contributed by atoms with Gasteiger partial charge in [0.25, 0.3) is 5.91 Å². The van der Waals surface area contributed by atoms with Gasteiger partial charge in [-0.05, 0) is 41.7 Å². The summed E-state index contributed by atoms with van der Waals surface area (Å²) in [5.41, 5.74) is 2.12. The Bertz CT molecular complexity index is 879. The normalized spacial score (nSPS) is 18.8. The van der Waals surface area contributed by atoms with E-state index in [0.29, 0.717) is 19.6 Å². The first-order chi connectivity index (χ1) is 14.9. The monoisotopic (exact) mass is 423 g/mol. The molecule has 1 atom stereocenters. The van der Waals surface area contributed by atoms with Crippen molar-refractivity contribution in [2.45, 2.75) is 38.7 Å². The van der Waals surface area contributed by atoms with Crippen molar-refractivity contribution >= 4 is 11.8 Å². The Hall–Kier alpha value is -2.73. The minimum absolute atomic E-state index is 0.00935. The van der Waals surface area contributed by atoms with Crippen molar-refractivity contribution in [1.82, 2.24) is 14.8 Å². The molecule has 0 bridgehead atoms. The van der Waals surface area contributed by atoms with Gasteiger partial charge in [-0.25, -0.2) is 0 Å². The molecule has 1 aromatic heterocycles. The van der Waals surface area contributed by atoms with Crippen LogP contribution < -0.4 is 0 Å². The lowest BCUT2D eigenvalue weighted by Crippen LogP contribution is -2.62. The number of hydrogen-bond donors (Lipinski definition) is 0. The molecule has 2 heterocycles. The van der Waals surface area contributed by atoms with E-state index in [2.05, 4.69) is 17.1 Å². The van der Waals surface area contributed by atoms with Crippen molar-refractivity contribution in [3.8, 4) is 11.1 Å². The van der Waals surface area contributed by atoms with Crippen molar-refractivity contribution in [2.24, 2.45) is 5.92 Å². The van der Waals surface area contributed by atoms with E-state index in [0.717, 1.165) is 29.5 Å². The van der Waals surface area contributed by atoms with Crippen LogP contribution in [0.15, 0.2) is 48.8 Å². The maximum atomic E-state index is 13.2. The number of amides is 2. The molecule has 166 valence electrons. The SMILES string of the molecule is CCC(CC)C(=O)N1CCO[C@@](Cc2ccc(-c3ccncc3)cc2)(C(=O)N(C)C)C1. The molecule has 2 aromatic rings. The predicted octanol–water partition coefficient (Wildman–Crippen LogP) is 3.41. The topological polar surface area (TPSA) is 62.7 Å². The number of nitrogens with zero attached hydrogens (tertiary/aromatic N) is 3. The molecule has 0 aliphatic carbocycles. The average Bonchev–Trinajstić information content (AvgIpc) is 2.80. The highest BCUT2D eigenvalue weighted by molar-refractivity contribution is 5.87. The zero-order chi connectivity index (χ0) is 22.4. The van der Waals surface area contributed by atoms with Gasteiger partial charge in [0.15, 0.2) is 5.60 Å². The Morgan fingerprint density at radius 3 is 2.26 bits per heavy atom. The minimum Gasteiger partial charge on any atom is -0.361 e. The van der Waals surface area contributed by atoms with E-state index < -0.39 is 5.60 Å². The third kappa shape index (κ3) is 5.13. The smallest absolute Gasteiger partial charge is 0.256 e. The molecule has 1 saturated heterocycles. The van der Waals surface area contributed by atoms with E-state index in [4.69, 9.17) is 4.74 Å². The molecule has 1 aliphatic heterocycles. The lowest BCUT2D eigenvalue weighted by Gasteiger charge is -2.43. The second-order valence-corrected chi connectivity index (χ2v) is 8.43. The average molecular weight is 424 g/mol. The Balaban J connectivity index is 1.85. The molecule has 0 radical (unpaired) electrons. The summed E-state index contributed by atoms with van der Waals surface area (Å²) < 4.78 is 6.14. The number of rotatable bonds is 7. The zero-order valence-electron chi connectivity index (χ0n) is 19.0. The van der Waals surface area contributed by atoms with Crippen molar-refractivity contribution in [3.05, 3.63) is 54.4 Å². The van der Waals surface area contributed by atoms with Crippen LogP contribution in [0.3, 0.4) is 0 Å². The molecule has 3 rings (SSSR count). The molecule has 31 heavy (non-hydrogen) atoms. The molecule has 0 N–H and O–H groups in total. The summed E-state index contributed by atoms with van der Waals surface area (Å²) in [4.78, 5) is 33.7. The Labute approximate surface area is 185 Å². The number of hydrogen-bond acceptors (Lipinski definition) is 4. The molecular formula is C25H33N3O3. The summed E-state index contributed by atoms with van der Waals surface area (Å²) in [5.74, 6) is 0.00919. The summed E-state index contributed by atoms with van der Waals surface area (Å²) in [6.07, 6.45) is 5.58. The van der Waals surface area contributed by atoms with Crippen molar-refractivity contribution < 1.29 is 14.3 Å². The Kier molecular flexibility index (Phi) is 7.44. The predicted molar refractivity (Wildman–Crippen MR) is 121 cm³/mol. The number of likely N-dealkylation sites (N-methyl/N-ethyl adjacent to an activating group) is 1. The fourth-order valence-corrected chi connectivity index (χ4v) is 4.28. The van der Waals surface area contributed by atoms with Crippen molar-refractivity contribution in [2.75, 3.05) is 33.8 Å². The molecule has 1 aliphatic rings. The van der Waals surface area contributed by atoms with Crippen molar-refractivity contribution in [1.29, 1.82) is 0 Å². The van der Waals surface area contributed by atoms with Gasteiger partial charge >= 0.3 is 0 Å². The summed E-state index contributed by atoms with van der Waals surface area (Å²) in [6, 6.07) is 12.1. The lowest BCUT2D eigenvalue weighted by molar-refractivity contribution is -0.174. The minimum atomic E-state index is -1.07. The van der Waals surface area contributed by atoms with E-state index in [1.165, 1.54) is 0 Å². The number of morpholine rings is 1. The van der Waals surface area contributed by atoms with E-state index >= 15 is 0 Å². The van der Waals surface area contributed by atoms with Crippen LogP contribution in [0.25, 0.3) is 11.1 Å². The highest BCUT2D eigenvalue weighted by atomic mass is 16.5. The second-order valence-electron chi connectivity index (χ2n) is 8.43. The first-order valence-corrected chi connectivity index (χ1v) is 11.0. The highest BCUT2D eigenvalue weighted by Crippen LogP contribution is 2.28. The van der Waals surface area contributed by atoms with Crippen LogP contribution in [0.1, 0.15) is 32.3 Å². The first-order valence-electron chi connectivity index (χ1n) is 11.0. The third-order valence-corrected chi connectivity index (χ3v) is 6.09. The molecule has 6 nitrogen and oxygen atoms in total. The summed E-state index contributed by atoms with van der Waals surface area (Å²) in [5, 5.41) is 0. The molecule has 0 spiro atoms. The number of pyridine rings is 1. The van der Waals surface area contributed by atoms with Gasteiger partial charge in [-0.15, -0.1) is 0 Å². The maximum Gasteiger partial charge on any atom is 0.256 e. The van der Waals surface area contributed by atoms with Gasteiger partial charge < -0.3 is 14.5 Å². The standard InChI is InChI=1S/C25H33N3O3/c1-5-20(6-2)23(29)28-15-16-31-25(18-28,24(30)27(3)4)17-19-7-9-21(10-8-19)22-11-13-26-14-12-22/h7-14,20H,5-6,15-18H2,1-4H3/t25-/m1/s1. The van der Waals surface area contributed by atoms with Crippen LogP contribution in [-0.2, 0) is 20.7 Å². The summed E-state index contributed by atoms with van der Waals surface area (Å²) >= 11 is 0. The quantitative estimate of drug-likeness (QED) is 0.685. The molecular weight excluding hydrogens is 390 g/mol. The Morgan fingerprint density at radius 1 is 1.06 bits per heavy atom. The van der Waals surface area contributed by atoms with E-state index in [-0.39, 0.29) is 24.3 Å². The second kappa shape index (κ2) is 10.1. The van der Waals surface area contributed by atoms with E-state index in [1.54, 1.807) is 31.4 Å². The van der Waals surface area contributed by atoms with Gasteiger partial charge in [0, 0.05) is 45.4 Å². The van der Waals surface area contributed by atoms with Crippen molar-refractivity contribution in [3.63, 3.8) is 0 Å². The fraction of sp³-hybridized carbons (Fsp3) is 0.480. The zero-order valence-corrected chi connectivity index (χ0v) is 19.0. The van der Waals surface area contributed by atoms with Crippen LogP contribution >= 0.6 is 0 Å². The molecule has 1 fully saturated rings. The number of benzene rings is 1. The van der Waals surface area contributed by atoms with Gasteiger partial charge in [0.1, 0.15) is 0 Å². The molecule has 6 heteroatoms. The third-order valence-electron chi connectivity index (χ3n) is 6.09. The highest BCUT2D eigenvalue weighted by Gasteiger charge is 2.46. The van der Waals surface area contributed by atoms with Crippen LogP contribution in [0, 0.1) is 5.92 Å². The Morgan fingerprint density at radius 2 is 1.68 bits per heavy atom. The van der Waals surface area contributed by atoms with Gasteiger partial charge in [-0.2, -0.15) is 0 Å². The molecule has 2 amide bonds. The van der Waals surface area contributed by atoms with Gasteiger partial charge in [-0.1, -0.05) is 38.1 Å². The van der Waals surface area contributed by atoms with Crippen LogP contribution in [-0.4, -0.2) is 66.0 Å². The number of ether oxygens (including phenoxy) is 1. The first kappa shape index (κ1) is 22.9. The fourth-order valence-electron chi connectivity index (χ4n) is 4.28. The van der Waals surface area contributed by atoms with Crippen LogP contribution in [0.4, 0.5) is 0 Å². The van der Waals surface area contributed by atoms with E-state index in [9.17, 15) is 9.59 Å².